The van der Waals surface area contributed by atoms with E-state index in [-0.39, 0.29) is 34.1 Å². The number of allylic oxidation sites excluding steroid dienone is 1. The van der Waals surface area contributed by atoms with E-state index in [1.807, 2.05) is 0 Å². The van der Waals surface area contributed by atoms with Crippen LogP contribution >= 0.6 is 0 Å². The molecule has 12 nitrogen and oxygen atoms in total. The standard InChI is InChI=1S/C25H23N5O7S/c1-13-8-16(31)5-7-18(13)27-28-19-11-22(37-3)20(12-21(19)36-2)29-30-24-23(38(33,34)35)10-14-9-15(26)4-6-17(14)25(24)32/h4-12,29,31H,26H2,1-3H3,(H,33,34,35)/b28-27+,30-24-. The van der Waals surface area contributed by atoms with Gasteiger partial charge in [-0.1, -0.05) is 0 Å². The van der Waals surface area contributed by atoms with Crippen molar-refractivity contribution in [2.45, 2.75) is 6.92 Å². The average Bonchev–Trinajstić information content (AvgIpc) is 2.86. The fourth-order valence-corrected chi connectivity index (χ4v) is 4.34. The van der Waals surface area contributed by atoms with Gasteiger partial charge < -0.3 is 20.3 Å². The number of anilines is 2. The minimum Gasteiger partial charge on any atom is -0.508 e. The van der Waals surface area contributed by atoms with E-state index in [0.717, 1.165) is 6.08 Å². The summed E-state index contributed by atoms with van der Waals surface area (Å²) < 4.78 is 44.7. The number of hydrogen-bond acceptors (Lipinski definition) is 11. The second-order valence-corrected chi connectivity index (χ2v) is 9.52. The van der Waals surface area contributed by atoms with Crippen molar-refractivity contribution in [2.75, 3.05) is 25.4 Å². The van der Waals surface area contributed by atoms with Crippen LogP contribution in [0.5, 0.6) is 17.2 Å². The molecule has 0 fully saturated rings. The highest BCUT2D eigenvalue weighted by Crippen LogP contribution is 2.39. The molecule has 0 aliphatic heterocycles. The van der Waals surface area contributed by atoms with Crippen LogP contribution in [-0.4, -0.2) is 43.8 Å². The van der Waals surface area contributed by atoms with Crippen molar-refractivity contribution in [2.24, 2.45) is 15.3 Å². The Hall–Kier alpha value is -4.75. The molecule has 0 heterocycles. The van der Waals surface area contributed by atoms with Gasteiger partial charge in [0.05, 0.1) is 19.9 Å². The van der Waals surface area contributed by atoms with Crippen molar-refractivity contribution in [3.05, 3.63) is 70.1 Å². The fraction of sp³-hybridized carbons (Fsp3) is 0.120. The van der Waals surface area contributed by atoms with E-state index in [1.54, 1.807) is 19.1 Å². The molecule has 5 N–H and O–H groups in total. The summed E-state index contributed by atoms with van der Waals surface area (Å²) in [6.45, 7) is 1.77. The molecule has 4 rings (SSSR count). The number of ether oxygens (including phenoxy) is 2. The van der Waals surface area contributed by atoms with Crippen LogP contribution in [0.3, 0.4) is 0 Å². The maximum Gasteiger partial charge on any atom is 0.296 e. The van der Waals surface area contributed by atoms with Gasteiger partial charge in [-0.25, -0.2) is 0 Å². The van der Waals surface area contributed by atoms with Gasteiger partial charge in [0.25, 0.3) is 10.1 Å². The van der Waals surface area contributed by atoms with Crippen LogP contribution in [0.1, 0.15) is 21.5 Å². The number of Topliss-reactive ketones (excluding diaryl/α,β-unsaturated/α-hetero) is 1. The zero-order valence-electron chi connectivity index (χ0n) is 20.5. The monoisotopic (exact) mass is 537 g/mol. The first-order chi connectivity index (χ1) is 18.0. The van der Waals surface area contributed by atoms with Gasteiger partial charge in [0.2, 0.25) is 5.78 Å². The van der Waals surface area contributed by atoms with E-state index in [0.29, 0.717) is 22.6 Å². The van der Waals surface area contributed by atoms with E-state index in [4.69, 9.17) is 15.2 Å². The topological polar surface area (TPSA) is 185 Å². The molecule has 0 spiro atoms. The van der Waals surface area contributed by atoms with Crippen LogP contribution in [0.4, 0.5) is 22.7 Å². The van der Waals surface area contributed by atoms with E-state index in [1.165, 1.54) is 50.6 Å². The Morgan fingerprint density at radius 2 is 1.66 bits per heavy atom. The van der Waals surface area contributed by atoms with Crippen LogP contribution in [0.25, 0.3) is 6.08 Å². The second kappa shape index (κ2) is 10.3. The summed E-state index contributed by atoms with van der Waals surface area (Å²) in [5.74, 6) is -0.146. The maximum atomic E-state index is 13.1. The summed E-state index contributed by atoms with van der Waals surface area (Å²) >= 11 is 0. The van der Waals surface area contributed by atoms with Gasteiger partial charge in [0.1, 0.15) is 33.5 Å². The van der Waals surface area contributed by atoms with Gasteiger partial charge in [-0.15, -0.1) is 5.11 Å². The van der Waals surface area contributed by atoms with Gasteiger partial charge >= 0.3 is 0 Å². The predicted molar refractivity (Wildman–Crippen MR) is 142 cm³/mol. The van der Waals surface area contributed by atoms with Crippen LogP contribution in [0, 0.1) is 6.92 Å². The lowest BCUT2D eigenvalue weighted by Crippen LogP contribution is -2.27. The van der Waals surface area contributed by atoms with Crippen molar-refractivity contribution in [1.29, 1.82) is 0 Å². The molecule has 0 saturated carbocycles. The molecule has 196 valence electrons. The number of methoxy groups -OCH3 is 2. The molecule has 0 aromatic heterocycles. The minimum atomic E-state index is -4.81. The van der Waals surface area contributed by atoms with Crippen LogP contribution in [0.2, 0.25) is 0 Å². The zero-order chi connectivity index (χ0) is 27.6. The Labute approximate surface area is 217 Å². The number of azo groups is 1. The van der Waals surface area contributed by atoms with E-state index in [9.17, 15) is 22.9 Å². The predicted octanol–water partition coefficient (Wildman–Crippen LogP) is 4.61. The number of ketones is 1. The Morgan fingerprint density at radius 1 is 0.947 bits per heavy atom. The summed E-state index contributed by atoms with van der Waals surface area (Å²) in [4.78, 5) is 12.4. The molecule has 0 unspecified atom stereocenters. The molecule has 3 aromatic rings. The number of rotatable bonds is 7. The first-order valence-corrected chi connectivity index (χ1v) is 12.4. The van der Waals surface area contributed by atoms with Crippen LogP contribution in [-0.2, 0) is 10.1 Å². The molecule has 0 saturated heterocycles. The largest absolute Gasteiger partial charge is 0.508 e. The lowest BCUT2D eigenvalue weighted by molar-refractivity contribution is 0.106. The van der Waals surface area contributed by atoms with Gasteiger partial charge in [-0.05, 0) is 60.5 Å². The number of aromatic hydroxyl groups is 1. The minimum absolute atomic E-state index is 0.105. The third kappa shape index (κ3) is 5.33. The Morgan fingerprint density at radius 3 is 2.32 bits per heavy atom. The normalized spacial score (nSPS) is 14.4. The summed E-state index contributed by atoms with van der Waals surface area (Å²) in [6.07, 6.45) is 1.12. The van der Waals surface area contributed by atoms with Gasteiger partial charge in [0, 0.05) is 23.4 Å². The number of hydrazone groups is 1. The molecule has 0 radical (unpaired) electrons. The molecule has 1 aliphatic rings. The highest BCUT2D eigenvalue weighted by molar-refractivity contribution is 7.91. The molecule has 13 heteroatoms. The number of aryl methyl sites for hydroxylation is 1. The molecule has 3 aromatic carbocycles. The van der Waals surface area contributed by atoms with E-state index < -0.39 is 26.5 Å². The molecule has 0 amide bonds. The average molecular weight is 538 g/mol. The number of carbonyl (C=O) groups excluding carboxylic acids is 1. The summed E-state index contributed by atoms with van der Waals surface area (Å²) in [6, 6.07) is 12.0. The molecule has 0 bridgehead atoms. The van der Waals surface area contributed by atoms with Crippen molar-refractivity contribution < 1.29 is 32.3 Å². The number of nitrogens with two attached hydrogens (primary N) is 1. The maximum absolute atomic E-state index is 13.1. The number of nitrogen functional groups attached to an aromatic ring is 1. The highest BCUT2D eigenvalue weighted by atomic mass is 32.2. The van der Waals surface area contributed by atoms with E-state index >= 15 is 0 Å². The first-order valence-electron chi connectivity index (χ1n) is 11.0. The van der Waals surface area contributed by atoms with Crippen molar-refractivity contribution in [3.63, 3.8) is 0 Å². The number of carbonyl (C=O) groups is 1. The molecular formula is C25H23N5O7S. The second-order valence-electron chi connectivity index (χ2n) is 8.13. The number of phenolic OH excluding ortho intramolecular Hbond substituents is 1. The quantitative estimate of drug-likeness (QED) is 0.144. The van der Waals surface area contributed by atoms with Crippen molar-refractivity contribution in [1.82, 2.24) is 0 Å². The Balaban J connectivity index is 1.72. The smallest absolute Gasteiger partial charge is 0.296 e. The molecular weight excluding hydrogens is 514 g/mol. The third-order valence-corrected chi connectivity index (χ3v) is 6.44. The lowest BCUT2D eigenvalue weighted by atomic mass is 9.94. The number of fused-ring (bicyclic) bond motifs is 1. The summed E-state index contributed by atoms with van der Waals surface area (Å²) in [7, 11) is -2.01. The number of phenols is 1. The zero-order valence-corrected chi connectivity index (χ0v) is 21.3. The van der Waals surface area contributed by atoms with E-state index in [2.05, 4.69) is 20.8 Å². The SMILES string of the molecule is COc1cc(N/N=C2\C(=O)c3ccc(N)cc3C=C2S(=O)(=O)O)c(OC)cc1/N=N/c1ccc(O)cc1C. The fourth-order valence-electron chi connectivity index (χ4n) is 3.68. The third-order valence-electron chi connectivity index (χ3n) is 5.57. The Kier molecular flexibility index (Phi) is 7.15. The van der Waals surface area contributed by atoms with Gasteiger partial charge in [0.15, 0.2) is 5.71 Å². The Bertz CT molecular complexity index is 1650. The van der Waals surface area contributed by atoms with Crippen molar-refractivity contribution >= 4 is 50.4 Å². The summed E-state index contributed by atoms with van der Waals surface area (Å²) in [5, 5.41) is 22.0. The van der Waals surface area contributed by atoms with Gasteiger partial charge in [-0.3, -0.25) is 14.8 Å². The number of nitrogens with zero attached hydrogens (tertiary/aromatic N) is 3. The van der Waals surface area contributed by atoms with Crippen LogP contribution in [0.15, 0.2) is 68.8 Å². The van der Waals surface area contributed by atoms with Crippen molar-refractivity contribution in [3.8, 4) is 17.2 Å². The number of hydrogen-bond donors (Lipinski definition) is 4. The van der Waals surface area contributed by atoms with Crippen LogP contribution < -0.4 is 20.6 Å². The highest BCUT2D eigenvalue weighted by Gasteiger charge is 2.33. The number of benzene rings is 3. The lowest BCUT2D eigenvalue weighted by Gasteiger charge is -2.17. The van der Waals surface area contributed by atoms with Gasteiger partial charge in [-0.2, -0.15) is 18.6 Å². The first kappa shape index (κ1) is 26.3. The molecule has 0 atom stereocenters. The molecule has 38 heavy (non-hydrogen) atoms. The summed E-state index contributed by atoms with van der Waals surface area (Å²) in [5.41, 5.74) is 10.3. The molecule has 1 aliphatic carbocycles. The number of nitrogens with one attached hydrogen (secondary N) is 1.